The third-order valence-corrected chi connectivity index (χ3v) is 2.67. The van der Waals surface area contributed by atoms with Gasteiger partial charge in [-0.3, -0.25) is 20.2 Å². The molecule has 0 aromatic heterocycles. The highest BCUT2D eigenvalue weighted by atomic mass is 19.1. The van der Waals surface area contributed by atoms with E-state index in [1.165, 1.54) is 30.3 Å². The molecule has 0 radical (unpaired) electrons. The van der Waals surface area contributed by atoms with E-state index in [4.69, 9.17) is 4.74 Å². The number of ether oxygens (including phenoxy) is 1. The zero-order valence-electron chi connectivity index (χ0n) is 10.6. The lowest BCUT2D eigenvalue weighted by molar-refractivity contribution is -0.385. The van der Waals surface area contributed by atoms with Crippen molar-refractivity contribution in [1.82, 2.24) is 0 Å². The first kappa shape index (κ1) is 14.4. The second-order valence-electron chi connectivity index (χ2n) is 4.08. The van der Waals surface area contributed by atoms with E-state index in [0.717, 1.165) is 12.1 Å². The lowest BCUT2D eigenvalue weighted by Gasteiger charge is -2.07. The van der Waals surface area contributed by atoms with Crippen molar-refractivity contribution in [3.05, 3.63) is 74.1 Å². The van der Waals surface area contributed by atoms with Crippen molar-refractivity contribution < 1.29 is 19.0 Å². The van der Waals surface area contributed by atoms with Gasteiger partial charge in [0.25, 0.3) is 11.4 Å². The van der Waals surface area contributed by atoms with Crippen LogP contribution in [0.1, 0.15) is 5.56 Å². The number of nitrogens with zero attached hydrogens (tertiary/aromatic N) is 2. The van der Waals surface area contributed by atoms with E-state index >= 15 is 0 Å². The van der Waals surface area contributed by atoms with Gasteiger partial charge in [-0.15, -0.1) is 0 Å². The molecular weight excluding hydrogens is 283 g/mol. The zero-order valence-corrected chi connectivity index (χ0v) is 10.6. The van der Waals surface area contributed by atoms with Gasteiger partial charge in [-0.05, 0) is 23.8 Å². The quantitative estimate of drug-likeness (QED) is 0.622. The maximum Gasteiger partial charge on any atom is 0.272 e. The van der Waals surface area contributed by atoms with Crippen LogP contribution in [0.5, 0.6) is 5.75 Å². The van der Waals surface area contributed by atoms with E-state index < -0.39 is 15.7 Å². The summed E-state index contributed by atoms with van der Waals surface area (Å²) in [4.78, 5) is 19.7. The lowest BCUT2D eigenvalue weighted by Crippen LogP contribution is -1.98. The van der Waals surface area contributed by atoms with E-state index in [1.54, 1.807) is 0 Å². The highest BCUT2D eigenvalue weighted by Crippen LogP contribution is 2.23. The topological polar surface area (TPSA) is 95.5 Å². The van der Waals surface area contributed by atoms with E-state index in [0.29, 0.717) is 5.56 Å². The summed E-state index contributed by atoms with van der Waals surface area (Å²) in [6.07, 6.45) is 0. The van der Waals surface area contributed by atoms with Crippen LogP contribution in [0.25, 0.3) is 0 Å². The number of nitro benzene ring substituents is 2. The molecule has 21 heavy (non-hydrogen) atoms. The average Bonchev–Trinajstić information content (AvgIpc) is 2.46. The van der Waals surface area contributed by atoms with Gasteiger partial charge in [-0.2, -0.15) is 0 Å². The van der Waals surface area contributed by atoms with Gasteiger partial charge in [0.1, 0.15) is 6.61 Å². The van der Waals surface area contributed by atoms with Crippen LogP contribution in [0.2, 0.25) is 0 Å². The van der Waals surface area contributed by atoms with E-state index in [-0.39, 0.29) is 23.7 Å². The maximum atomic E-state index is 13.6. The van der Waals surface area contributed by atoms with Gasteiger partial charge in [0.15, 0.2) is 11.6 Å². The van der Waals surface area contributed by atoms with Crippen molar-refractivity contribution >= 4 is 11.4 Å². The molecule has 2 aromatic rings. The van der Waals surface area contributed by atoms with Crippen LogP contribution in [0.15, 0.2) is 42.5 Å². The predicted molar refractivity (Wildman–Crippen MR) is 70.5 cm³/mol. The SMILES string of the molecule is O=[N+]([O-])c1ccc(COc2ccc([N+](=O)[O-])cc2F)cc1. The number of hydrogen-bond acceptors (Lipinski definition) is 5. The number of rotatable bonds is 5. The van der Waals surface area contributed by atoms with Gasteiger partial charge in [0, 0.05) is 18.2 Å². The van der Waals surface area contributed by atoms with E-state index in [2.05, 4.69) is 0 Å². The van der Waals surface area contributed by atoms with Crippen molar-refractivity contribution in [3.8, 4) is 5.75 Å². The lowest BCUT2D eigenvalue weighted by atomic mass is 10.2. The summed E-state index contributed by atoms with van der Waals surface area (Å²) in [5.41, 5.74) is 0.189. The van der Waals surface area contributed by atoms with Crippen LogP contribution in [-0.2, 0) is 6.61 Å². The Morgan fingerprint density at radius 1 is 0.952 bits per heavy atom. The molecule has 2 aromatic carbocycles. The van der Waals surface area contributed by atoms with Crippen LogP contribution in [0.3, 0.4) is 0 Å². The second-order valence-corrected chi connectivity index (χ2v) is 4.08. The summed E-state index contributed by atoms with van der Waals surface area (Å²) in [5.74, 6) is -0.968. The van der Waals surface area contributed by atoms with Crippen LogP contribution in [-0.4, -0.2) is 9.85 Å². The zero-order chi connectivity index (χ0) is 15.4. The van der Waals surface area contributed by atoms with Crippen molar-refractivity contribution in [2.24, 2.45) is 0 Å². The van der Waals surface area contributed by atoms with Gasteiger partial charge in [0.2, 0.25) is 0 Å². The Balaban J connectivity index is 2.06. The summed E-state index contributed by atoms with van der Waals surface area (Å²) < 4.78 is 18.8. The first-order valence-electron chi connectivity index (χ1n) is 5.77. The molecule has 0 unspecified atom stereocenters. The summed E-state index contributed by atoms with van der Waals surface area (Å²) >= 11 is 0. The molecule has 2 rings (SSSR count). The fraction of sp³-hybridized carbons (Fsp3) is 0.0769. The number of benzene rings is 2. The van der Waals surface area contributed by atoms with Crippen LogP contribution < -0.4 is 4.74 Å². The molecule has 0 saturated carbocycles. The Hall–Kier alpha value is -3.03. The summed E-state index contributed by atoms with van der Waals surface area (Å²) in [7, 11) is 0. The fourth-order valence-corrected chi connectivity index (χ4v) is 1.60. The molecule has 0 aliphatic rings. The highest BCUT2D eigenvalue weighted by molar-refractivity contribution is 5.38. The minimum absolute atomic E-state index is 0.00722. The first-order valence-corrected chi connectivity index (χ1v) is 5.77. The van der Waals surface area contributed by atoms with Crippen molar-refractivity contribution in [3.63, 3.8) is 0 Å². The molecule has 0 saturated heterocycles. The molecule has 0 amide bonds. The Bertz CT molecular complexity index is 687. The van der Waals surface area contributed by atoms with Crippen molar-refractivity contribution in [1.29, 1.82) is 0 Å². The van der Waals surface area contributed by atoms with E-state index in [1.807, 2.05) is 0 Å². The largest absolute Gasteiger partial charge is 0.486 e. The molecule has 0 spiro atoms. The number of nitro groups is 2. The predicted octanol–water partition coefficient (Wildman–Crippen LogP) is 3.22. The monoisotopic (exact) mass is 292 g/mol. The van der Waals surface area contributed by atoms with Gasteiger partial charge >= 0.3 is 0 Å². The number of halogens is 1. The molecule has 0 heterocycles. The highest BCUT2D eigenvalue weighted by Gasteiger charge is 2.12. The van der Waals surface area contributed by atoms with Crippen LogP contribution >= 0.6 is 0 Å². The molecule has 8 heteroatoms. The molecule has 0 atom stereocenters. The summed E-state index contributed by atoms with van der Waals surface area (Å²) in [6.45, 7) is -0.00722. The fourth-order valence-electron chi connectivity index (χ4n) is 1.60. The summed E-state index contributed by atoms with van der Waals surface area (Å²) in [5, 5.41) is 21.0. The Morgan fingerprint density at radius 2 is 1.52 bits per heavy atom. The third-order valence-electron chi connectivity index (χ3n) is 2.67. The average molecular weight is 292 g/mol. The first-order chi connectivity index (χ1) is 9.97. The minimum atomic E-state index is -0.842. The Morgan fingerprint density at radius 3 is 2.05 bits per heavy atom. The normalized spacial score (nSPS) is 10.1. The van der Waals surface area contributed by atoms with Crippen LogP contribution in [0, 0.1) is 26.0 Å². The minimum Gasteiger partial charge on any atom is -0.486 e. The molecule has 0 N–H and O–H groups in total. The van der Waals surface area contributed by atoms with Gasteiger partial charge in [-0.25, -0.2) is 4.39 Å². The maximum absolute atomic E-state index is 13.6. The number of hydrogen-bond donors (Lipinski definition) is 0. The molecule has 0 aliphatic heterocycles. The van der Waals surface area contributed by atoms with Crippen molar-refractivity contribution in [2.75, 3.05) is 0 Å². The van der Waals surface area contributed by atoms with Crippen LogP contribution in [0.4, 0.5) is 15.8 Å². The van der Waals surface area contributed by atoms with Crippen molar-refractivity contribution in [2.45, 2.75) is 6.61 Å². The second kappa shape index (κ2) is 5.95. The molecular formula is C13H9FN2O5. The molecule has 0 fully saturated rings. The van der Waals surface area contributed by atoms with E-state index in [9.17, 15) is 24.6 Å². The standard InChI is InChI=1S/C13H9FN2O5/c14-12-7-11(16(19)20)5-6-13(12)21-8-9-1-3-10(4-2-9)15(17)18/h1-7H,8H2. The molecule has 108 valence electrons. The smallest absolute Gasteiger partial charge is 0.272 e. The Labute approximate surface area is 117 Å². The van der Waals surface area contributed by atoms with Gasteiger partial charge in [-0.1, -0.05) is 0 Å². The van der Waals surface area contributed by atoms with Gasteiger partial charge < -0.3 is 4.74 Å². The molecule has 0 aliphatic carbocycles. The number of non-ortho nitro benzene ring substituents is 2. The summed E-state index contributed by atoms with van der Waals surface area (Å²) in [6, 6.07) is 8.66. The molecule has 0 bridgehead atoms. The molecule has 7 nitrogen and oxygen atoms in total. The van der Waals surface area contributed by atoms with Gasteiger partial charge in [0.05, 0.1) is 15.9 Å². The Kier molecular flexibility index (Phi) is 4.07. The third kappa shape index (κ3) is 3.50.